The molecule has 1 amide bonds. The van der Waals surface area contributed by atoms with E-state index < -0.39 is 17.8 Å². The molecule has 1 fully saturated rings. The zero-order chi connectivity index (χ0) is 15.9. The number of hydrogen-bond acceptors (Lipinski definition) is 3. The highest BCUT2D eigenvalue weighted by Crippen LogP contribution is 2.48. The maximum absolute atomic E-state index is 12.6. The van der Waals surface area contributed by atoms with Gasteiger partial charge in [0.15, 0.2) is 0 Å². The van der Waals surface area contributed by atoms with E-state index in [9.17, 15) is 14.7 Å². The molecule has 2 N–H and O–H groups in total. The lowest BCUT2D eigenvalue weighted by Gasteiger charge is -2.24. The van der Waals surface area contributed by atoms with Crippen molar-refractivity contribution in [3.63, 3.8) is 0 Å². The monoisotopic (exact) mass is 301 g/mol. The molecule has 0 heterocycles. The number of ether oxygens (including phenoxy) is 1. The van der Waals surface area contributed by atoms with E-state index in [1.165, 1.54) is 0 Å². The molecule has 4 atom stereocenters. The molecule has 5 nitrogen and oxygen atoms in total. The molecule has 1 aromatic rings. The molecule has 1 saturated carbocycles. The summed E-state index contributed by atoms with van der Waals surface area (Å²) in [5, 5.41) is 12.3. The summed E-state index contributed by atoms with van der Waals surface area (Å²) in [7, 11) is 1.59. The van der Waals surface area contributed by atoms with Crippen LogP contribution in [0.3, 0.4) is 0 Å². The van der Waals surface area contributed by atoms with Crippen molar-refractivity contribution in [2.75, 3.05) is 12.4 Å². The Hall–Kier alpha value is -2.30. The summed E-state index contributed by atoms with van der Waals surface area (Å²) in [6.07, 6.45) is 4.68. The van der Waals surface area contributed by atoms with Crippen molar-refractivity contribution in [1.29, 1.82) is 0 Å². The van der Waals surface area contributed by atoms with Crippen molar-refractivity contribution in [3.8, 4) is 5.75 Å². The van der Waals surface area contributed by atoms with Gasteiger partial charge in [-0.3, -0.25) is 9.59 Å². The van der Waals surface area contributed by atoms with Gasteiger partial charge in [0.25, 0.3) is 0 Å². The SMILES string of the molecule is COc1ccc(NC(=O)[C@H]2[C@@H](C(=O)O)[C@H]3C=C[C@H]2C3)c(C)c1. The average Bonchev–Trinajstić information content (AvgIpc) is 3.09. The zero-order valence-electron chi connectivity index (χ0n) is 12.6. The van der Waals surface area contributed by atoms with Crippen LogP contribution in [0.5, 0.6) is 5.75 Å². The van der Waals surface area contributed by atoms with Gasteiger partial charge in [-0.1, -0.05) is 12.2 Å². The summed E-state index contributed by atoms with van der Waals surface area (Å²) in [6.45, 7) is 1.88. The molecule has 116 valence electrons. The van der Waals surface area contributed by atoms with Crippen molar-refractivity contribution in [1.82, 2.24) is 0 Å². The van der Waals surface area contributed by atoms with Crippen LogP contribution >= 0.6 is 0 Å². The standard InChI is InChI=1S/C17H19NO4/c1-9-7-12(22-2)5-6-13(9)18-16(19)14-10-3-4-11(8-10)15(14)17(20)21/h3-7,10-11,14-15H,8H2,1-2H3,(H,18,19)(H,20,21)/t10-,11-,14+,15-/m0/s1. The van der Waals surface area contributed by atoms with E-state index in [0.717, 1.165) is 17.7 Å². The smallest absolute Gasteiger partial charge is 0.307 e. The number of methoxy groups -OCH3 is 1. The first-order valence-corrected chi connectivity index (χ1v) is 7.38. The van der Waals surface area contributed by atoms with Crippen LogP contribution in [0.1, 0.15) is 12.0 Å². The van der Waals surface area contributed by atoms with Gasteiger partial charge in [0.05, 0.1) is 18.9 Å². The topological polar surface area (TPSA) is 75.6 Å². The van der Waals surface area contributed by atoms with Crippen LogP contribution in [0.25, 0.3) is 0 Å². The van der Waals surface area contributed by atoms with E-state index in [-0.39, 0.29) is 17.7 Å². The van der Waals surface area contributed by atoms with Gasteiger partial charge in [-0.15, -0.1) is 0 Å². The summed E-state index contributed by atoms with van der Waals surface area (Å²) in [5.41, 5.74) is 1.58. The number of aryl methyl sites for hydroxylation is 1. The molecular weight excluding hydrogens is 282 g/mol. The molecule has 0 aliphatic heterocycles. The van der Waals surface area contributed by atoms with Crippen LogP contribution in [-0.2, 0) is 9.59 Å². The van der Waals surface area contributed by atoms with E-state index >= 15 is 0 Å². The molecule has 22 heavy (non-hydrogen) atoms. The van der Waals surface area contributed by atoms with Crippen molar-refractivity contribution < 1.29 is 19.4 Å². The van der Waals surface area contributed by atoms with Crippen LogP contribution in [0.4, 0.5) is 5.69 Å². The Morgan fingerprint density at radius 3 is 2.50 bits per heavy atom. The number of carboxylic acids is 1. The Balaban J connectivity index is 1.80. The number of anilines is 1. The summed E-state index contributed by atoms with van der Waals surface area (Å²) >= 11 is 0. The minimum Gasteiger partial charge on any atom is -0.497 e. The van der Waals surface area contributed by atoms with Gasteiger partial charge in [0.1, 0.15) is 5.75 Å². The number of rotatable bonds is 4. The summed E-state index contributed by atoms with van der Waals surface area (Å²) in [5.74, 6) is -1.47. The lowest BCUT2D eigenvalue weighted by Crippen LogP contribution is -2.36. The number of amides is 1. The number of fused-ring (bicyclic) bond motifs is 2. The normalized spacial score (nSPS) is 28.6. The highest BCUT2D eigenvalue weighted by molar-refractivity contribution is 5.97. The van der Waals surface area contributed by atoms with Gasteiger partial charge in [0.2, 0.25) is 5.91 Å². The first-order valence-electron chi connectivity index (χ1n) is 7.38. The van der Waals surface area contributed by atoms with E-state index in [1.54, 1.807) is 19.2 Å². The zero-order valence-corrected chi connectivity index (χ0v) is 12.6. The average molecular weight is 301 g/mol. The summed E-state index contributed by atoms with van der Waals surface area (Å²) in [6, 6.07) is 5.40. The Morgan fingerprint density at radius 2 is 1.91 bits per heavy atom. The first kappa shape index (κ1) is 14.6. The fourth-order valence-corrected chi connectivity index (χ4v) is 3.64. The van der Waals surface area contributed by atoms with Crippen LogP contribution in [-0.4, -0.2) is 24.1 Å². The first-order chi connectivity index (χ1) is 10.5. The fraction of sp³-hybridized carbons (Fsp3) is 0.412. The van der Waals surface area contributed by atoms with Crippen molar-refractivity contribution in [2.45, 2.75) is 13.3 Å². The minimum absolute atomic E-state index is 0.0183. The third kappa shape index (κ3) is 2.36. The highest BCUT2D eigenvalue weighted by atomic mass is 16.5. The lowest BCUT2D eigenvalue weighted by atomic mass is 9.82. The van der Waals surface area contributed by atoms with Crippen LogP contribution in [0.2, 0.25) is 0 Å². The van der Waals surface area contributed by atoms with E-state index in [1.807, 2.05) is 25.1 Å². The number of carbonyl (C=O) groups is 2. The fourth-order valence-electron chi connectivity index (χ4n) is 3.64. The quantitative estimate of drug-likeness (QED) is 0.838. The molecular formula is C17H19NO4. The van der Waals surface area contributed by atoms with Crippen LogP contribution < -0.4 is 10.1 Å². The number of carbonyl (C=O) groups excluding carboxylic acids is 1. The molecule has 0 saturated heterocycles. The predicted octanol–water partition coefficient (Wildman–Crippen LogP) is 2.47. The second kappa shape index (κ2) is 5.48. The molecule has 3 rings (SSSR count). The second-order valence-corrected chi connectivity index (χ2v) is 6.01. The van der Waals surface area contributed by atoms with Crippen molar-refractivity contribution in [3.05, 3.63) is 35.9 Å². The summed E-state index contributed by atoms with van der Waals surface area (Å²) < 4.78 is 5.14. The number of aliphatic carboxylic acids is 1. The van der Waals surface area contributed by atoms with Gasteiger partial charge in [-0.25, -0.2) is 0 Å². The van der Waals surface area contributed by atoms with E-state index in [4.69, 9.17) is 4.74 Å². The molecule has 2 aliphatic carbocycles. The molecule has 2 bridgehead atoms. The van der Waals surface area contributed by atoms with Gasteiger partial charge < -0.3 is 15.2 Å². The third-order valence-electron chi connectivity index (χ3n) is 4.74. The van der Waals surface area contributed by atoms with Gasteiger partial charge in [-0.2, -0.15) is 0 Å². The Morgan fingerprint density at radius 1 is 1.23 bits per heavy atom. The van der Waals surface area contributed by atoms with Crippen LogP contribution in [0.15, 0.2) is 30.4 Å². The van der Waals surface area contributed by atoms with Crippen molar-refractivity contribution >= 4 is 17.6 Å². The molecule has 5 heteroatoms. The molecule has 1 aromatic carbocycles. The molecule has 2 aliphatic rings. The molecule has 0 unspecified atom stereocenters. The number of benzene rings is 1. The second-order valence-electron chi connectivity index (χ2n) is 6.01. The minimum atomic E-state index is -0.886. The van der Waals surface area contributed by atoms with E-state index in [2.05, 4.69) is 5.32 Å². The number of nitrogens with one attached hydrogen (secondary N) is 1. The maximum Gasteiger partial charge on any atom is 0.307 e. The number of allylic oxidation sites excluding steroid dienone is 2. The van der Waals surface area contributed by atoms with Crippen molar-refractivity contribution in [2.24, 2.45) is 23.7 Å². The van der Waals surface area contributed by atoms with E-state index in [0.29, 0.717) is 5.69 Å². The Kier molecular flexibility index (Phi) is 3.64. The predicted molar refractivity (Wildman–Crippen MR) is 81.7 cm³/mol. The largest absolute Gasteiger partial charge is 0.497 e. The number of carboxylic acid groups (broad SMARTS) is 1. The molecule has 0 radical (unpaired) electrons. The molecule has 0 aromatic heterocycles. The summed E-state index contributed by atoms with van der Waals surface area (Å²) in [4.78, 5) is 24.1. The Labute approximate surface area is 129 Å². The number of hydrogen-bond donors (Lipinski definition) is 2. The Bertz CT molecular complexity index is 652. The molecule has 0 spiro atoms. The maximum atomic E-state index is 12.6. The highest BCUT2D eigenvalue weighted by Gasteiger charge is 2.51. The van der Waals surface area contributed by atoms with Gasteiger partial charge >= 0.3 is 5.97 Å². The van der Waals surface area contributed by atoms with Crippen LogP contribution in [0, 0.1) is 30.6 Å². The van der Waals surface area contributed by atoms with Gasteiger partial charge in [-0.05, 0) is 48.9 Å². The lowest BCUT2D eigenvalue weighted by molar-refractivity contribution is -0.146. The van der Waals surface area contributed by atoms with Gasteiger partial charge in [0, 0.05) is 5.69 Å². The third-order valence-corrected chi connectivity index (χ3v) is 4.74.